The van der Waals surface area contributed by atoms with Gasteiger partial charge in [0.2, 0.25) is 0 Å². The summed E-state index contributed by atoms with van der Waals surface area (Å²) in [6, 6.07) is 0.384. The molecule has 0 aliphatic rings. The molecule has 4 unspecified atom stereocenters. The standard InChI is InChI=1S/C10H23NOS/c1-6-8(3)13(12)9(4)10(7-2)11-5/h8-11H,6-7H2,1-5H3. The molecule has 0 fully saturated rings. The maximum Gasteiger partial charge on any atom is 0.0475 e. The molecule has 0 saturated heterocycles. The van der Waals surface area contributed by atoms with Gasteiger partial charge in [-0.3, -0.25) is 4.21 Å². The molecule has 0 aromatic heterocycles. The van der Waals surface area contributed by atoms with E-state index in [-0.39, 0.29) is 5.25 Å². The first-order valence-corrected chi connectivity index (χ1v) is 6.42. The summed E-state index contributed by atoms with van der Waals surface area (Å²) in [6.07, 6.45) is 2.04. The summed E-state index contributed by atoms with van der Waals surface area (Å²) in [5.74, 6) is 0. The molecule has 0 rings (SSSR count). The first kappa shape index (κ1) is 13.1. The molecule has 0 amide bonds. The van der Waals surface area contributed by atoms with Crippen LogP contribution in [0.3, 0.4) is 0 Å². The van der Waals surface area contributed by atoms with Crippen LogP contribution in [-0.2, 0) is 10.8 Å². The Hall–Kier alpha value is 0.110. The first-order chi connectivity index (χ1) is 6.08. The SMILES string of the molecule is CCC(NC)C(C)S(=O)C(C)CC. The van der Waals surface area contributed by atoms with Crippen molar-refractivity contribution in [1.82, 2.24) is 5.32 Å². The van der Waals surface area contributed by atoms with Crippen LogP contribution in [0, 0.1) is 0 Å². The molecule has 0 heterocycles. The van der Waals surface area contributed by atoms with Gasteiger partial charge in [0.25, 0.3) is 0 Å². The van der Waals surface area contributed by atoms with E-state index in [1.54, 1.807) is 0 Å². The Morgan fingerprint density at radius 3 is 2.08 bits per heavy atom. The quantitative estimate of drug-likeness (QED) is 0.718. The fourth-order valence-electron chi connectivity index (χ4n) is 1.46. The second-order valence-corrected chi connectivity index (χ2v) is 5.76. The normalized spacial score (nSPS) is 20.7. The van der Waals surface area contributed by atoms with Crippen LogP contribution in [0.5, 0.6) is 0 Å². The lowest BCUT2D eigenvalue weighted by molar-refractivity contribution is 0.526. The van der Waals surface area contributed by atoms with Crippen molar-refractivity contribution < 1.29 is 4.21 Å². The summed E-state index contributed by atoms with van der Waals surface area (Å²) >= 11 is 0. The minimum atomic E-state index is -0.702. The molecule has 3 heteroatoms. The highest BCUT2D eigenvalue weighted by Crippen LogP contribution is 2.12. The Kier molecular flexibility index (Phi) is 6.60. The smallest absolute Gasteiger partial charge is 0.0475 e. The third-order valence-corrected chi connectivity index (χ3v) is 4.90. The van der Waals surface area contributed by atoms with E-state index in [1.165, 1.54) is 0 Å². The third kappa shape index (κ3) is 3.77. The maximum atomic E-state index is 11.9. The lowest BCUT2D eigenvalue weighted by atomic mass is 10.2. The van der Waals surface area contributed by atoms with Crippen molar-refractivity contribution in [2.45, 2.75) is 57.1 Å². The molecule has 0 spiro atoms. The van der Waals surface area contributed by atoms with Crippen LogP contribution in [-0.4, -0.2) is 27.8 Å². The minimum Gasteiger partial charge on any atom is -0.316 e. The summed E-state index contributed by atoms with van der Waals surface area (Å²) in [5.41, 5.74) is 0. The zero-order valence-electron chi connectivity index (χ0n) is 9.46. The van der Waals surface area contributed by atoms with E-state index in [0.29, 0.717) is 11.3 Å². The van der Waals surface area contributed by atoms with Gasteiger partial charge in [0, 0.05) is 27.3 Å². The molecule has 13 heavy (non-hydrogen) atoms. The highest BCUT2D eigenvalue weighted by molar-refractivity contribution is 7.86. The van der Waals surface area contributed by atoms with E-state index in [4.69, 9.17) is 0 Å². The van der Waals surface area contributed by atoms with Gasteiger partial charge in [-0.15, -0.1) is 0 Å². The average Bonchev–Trinajstić information content (AvgIpc) is 2.17. The van der Waals surface area contributed by atoms with Crippen LogP contribution in [0.2, 0.25) is 0 Å². The Morgan fingerprint density at radius 1 is 1.23 bits per heavy atom. The Labute approximate surface area is 84.9 Å². The number of hydrogen-bond acceptors (Lipinski definition) is 2. The largest absolute Gasteiger partial charge is 0.316 e. The molecule has 0 bridgehead atoms. The summed E-state index contributed by atoms with van der Waals surface area (Å²) < 4.78 is 11.9. The maximum absolute atomic E-state index is 11.9. The lowest BCUT2D eigenvalue weighted by Gasteiger charge is -2.24. The molecule has 0 aliphatic heterocycles. The van der Waals surface area contributed by atoms with Gasteiger partial charge in [-0.2, -0.15) is 0 Å². The van der Waals surface area contributed by atoms with Crippen molar-refractivity contribution in [1.29, 1.82) is 0 Å². The highest BCUT2D eigenvalue weighted by Gasteiger charge is 2.22. The van der Waals surface area contributed by atoms with E-state index >= 15 is 0 Å². The number of nitrogens with one attached hydrogen (secondary N) is 1. The minimum absolute atomic E-state index is 0.255. The van der Waals surface area contributed by atoms with E-state index in [2.05, 4.69) is 33.0 Å². The number of hydrogen-bond donors (Lipinski definition) is 1. The van der Waals surface area contributed by atoms with Gasteiger partial charge in [-0.1, -0.05) is 20.8 Å². The van der Waals surface area contributed by atoms with Gasteiger partial charge < -0.3 is 5.32 Å². The second kappa shape index (κ2) is 6.55. The van der Waals surface area contributed by atoms with Crippen LogP contribution in [0.1, 0.15) is 40.5 Å². The van der Waals surface area contributed by atoms with Crippen LogP contribution >= 0.6 is 0 Å². The average molecular weight is 205 g/mol. The summed E-state index contributed by atoms with van der Waals surface area (Å²) in [5, 5.41) is 3.79. The summed E-state index contributed by atoms with van der Waals surface area (Å²) in [4.78, 5) is 0. The van der Waals surface area contributed by atoms with Crippen LogP contribution in [0.15, 0.2) is 0 Å². The Bertz CT molecular complexity index is 157. The van der Waals surface area contributed by atoms with Gasteiger partial charge >= 0.3 is 0 Å². The molecule has 0 aromatic carbocycles. The van der Waals surface area contributed by atoms with Crippen molar-refractivity contribution in [2.75, 3.05) is 7.05 Å². The van der Waals surface area contributed by atoms with E-state index in [1.807, 2.05) is 7.05 Å². The molecule has 0 radical (unpaired) electrons. The summed E-state index contributed by atoms with van der Waals surface area (Å²) in [7, 11) is 1.24. The predicted octanol–water partition coefficient (Wildman–Crippen LogP) is 1.92. The highest BCUT2D eigenvalue weighted by atomic mass is 32.2. The fourth-order valence-corrected chi connectivity index (χ4v) is 3.18. The predicted molar refractivity (Wildman–Crippen MR) is 60.5 cm³/mol. The van der Waals surface area contributed by atoms with Crippen LogP contribution in [0.4, 0.5) is 0 Å². The molecule has 2 nitrogen and oxygen atoms in total. The molecule has 80 valence electrons. The molecule has 1 N–H and O–H groups in total. The molecular formula is C10H23NOS. The molecule has 4 atom stereocenters. The van der Waals surface area contributed by atoms with Gasteiger partial charge in [0.05, 0.1) is 0 Å². The zero-order chi connectivity index (χ0) is 10.4. The van der Waals surface area contributed by atoms with Gasteiger partial charge in [0.15, 0.2) is 0 Å². The van der Waals surface area contributed by atoms with Crippen LogP contribution in [0.25, 0.3) is 0 Å². The van der Waals surface area contributed by atoms with Gasteiger partial charge in [-0.05, 0) is 26.8 Å². The number of rotatable bonds is 6. The molecule has 0 aliphatic carbocycles. The Morgan fingerprint density at radius 2 is 1.77 bits per heavy atom. The molecule has 0 aromatic rings. The van der Waals surface area contributed by atoms with Crippen molar-refractivity contribution in [2.24, 2.45) is 0 Å². The van der Waals surface area contributed by atoms with E-state index in [0.717, 1.165) is 12.8 Å². The van der Waals surface area contributed by atoms with Crippen LogP contribution < -0.4 is 5.32 Å². The first-order valence-electron chi connectivity index (χ1n) is 5.15. The topological polar surface area (TPSA) is 29.1 Å². The van der Waals surface area contributed by atoms with Crippen molar-refractivity contribution in [3.8, 4) is 0 Å². The van der Waals surface area contributed by atoms with Gasteiger partial charge in [0.1, 0.15) is 0 Å². The van der Waals surface area contributed by atoms with E-state index < -0.39 is 10.8 Å². The van der Waals surface area contributed by atoms with Crippen molar-refractivity contribution in [3.05, 3.63) is 0 Å². The summed E-state index contributed by atoms with van der Waals surface area (Å²) in [6.45, 7) is 8.36. The Balaban J connectivity index is 4.22. The second-order valence-electron chi connectivity index (χ2n) is 3.56. The molecular weight excluding hydrogens is 182 g/mol. The lowest BCUT2D eigenvalue weighted by Crippen LogP contribution is -2.40. The third-order valence-electron chi connectivity index (χ3n) is 2.72. The van der Waals surface area contributed by atoms with Gasteiger partial charge in [-0.25, -0.2) is 0 Å². The van der Waals surface area contributed by atoms with E-state index in [9.17, 15) is 4.21 Å². The van der Waals surface area contributed by atoms with Crippen molar-refractivity contribution in [3.63, 3.8) is 0 Å². The fraction of sp³-hybridized carbons (Fsp3) is 1.00. The van der Waals surface area contributed by atoms with Crippen molar-refractivity contribution >= 4 is 10.8 Å². The zero-order valence-corrected chi connectivity index (χ0v) is 10.3. The monoisotopic (exact) mass is 205 g/mol. The molecule has 0 saturated carbocycles.